The zero-order valence-electron chi connectivity index (χ0n) is 10.1. The number of nitrogens with two attached hydrogens (primary N) is 1. The summed E-state index contributed by atoms with van der Waals surface area (Å²) >= 11 is 0. The molecule has 4 heteroatoms. The van der Waals surface area contributed by atoms with Crippen molar-refractivity contribution in [1.82, 2.24) is 9.97 Å². The van der Waals surface area contributed by atoms with Crippen LogP contribution in [0.5, 0.6) is 0 Å². The lowest BCUT2D eigenvalue weighted by Crippen LogP contribution is -2.44. The van der Waals surface area contributed by atoms with Crippen LogP contribution in [0.4, 0.5) is 5.82 Å². The Morgan fingerprint density at radius 3 is 2.75 bits per heavy atom. The minimum absolute atomic E-state index is 0.623. The molecule has 0 radical (unpaired) electrons. The van der Waals surface area contributed by atoms with Crippen molar-refractivity contribution in [3.05, 3.63) is 17.6 Å². The average molecular weight is 220 g/mol. The normalized spacial score (nSPS) is 15.9. The minimum Gasteiger partial charge on any atom is -0.351 e. The molecule has 1 aromatic rings. The van der Waals surface area contributed by atoms with Crippen molar-refractivity contribution in [1.29, 1.82) is 0 Å². The second-order valence-electron chi connectivity index (χ2n) is 4.49. The van der Waals surface area contributed by atoms with Gasteiger partial charge in [0, 0.05) is 25.3 Å². The molecular weight excluding hydrogens is 200 g/mol. The minimum atomic E-state index is 0.623. The Morgan fingerprint density at radius 1 is 1.44 bits per heavy atom. The van der Waals surface area contributed by atoms with Crippen molar-refractivity contribution in [2.45, 2.75) is 39.2 Å². The van der Waals surface area contributed by atoms with Crippen molar-refractivity contribution >= 4 is 5.82 Å². The maximum atomic E-state index is 5.68. The molecule has 0 spiro atoms. The molecule has 1 heterocycles. The van der Waals surface area contributed by atoms with Gasteiger partial charge in [-0.2, -0.15) is 0 Å². The summed E-state index contributed by atoms with van der Waals surface area (Å²) in [4.78, 5) is 11.3. The summed E-state index contributed by atoms with van der Waals surface area (Å²) in [5, 5.41) is 0. The fourth-order valence-corrected chi connectivity index (χ4v) is 2.10. The van der Waals surface area contributed by atoms with Crippen molar-refractivity contribution in [2.75, 3.05) is 18.0 Å². The van der Waals surface area contributed by atoms with Gasteiger partial charge in [-0.25, -0.2) is 4.98 Å². The quantitative estimate of drug-likeness (QED) is 0.833. The van der Waals surface area contributed by atoms with E-state index in [1.807, 2.05) is 20.0 Å². The van der Waals surface area contributed by atoms with E-state index >= 15 is 0 Å². The van der Waals surface area contributed by atoms with E-state index in [1.54, 1.807) is 0 Å². The molecule has 0 amide bonds. The van der Waals surface area contributed by atoms with Gasteiger partial charge in [-0.3, -0.25) is 4.98 Å². The molecule has 0 aromatic carbocycles. The summed E-state index contributed by atoms with van der Waals surface area (Å²) in [6, 6.07) is 0.623. The molecule has 88 valence electrons. The van der Waals surface area contributed by atoms with Crippen LogP contribution in [0, 0.1) is 13.8 Å². The van der Waals surface area contributed by atoms with Crippen LogP contribution in [0.25, 0.3) is 0 Å². The summed E-state index contributed by atoms with van der Waals surface area (Å²) in [5.74, 6) is 1.02. The SMILES string of the molecule is Cc1cnc(C)c(N(CCN)C2CCC2)n1. The highest BCUT2D eigenvalue weighted by Crippen LogP contribution is 2.29. The maximum Gasteiger partial charge on any atom is 0.150 e. The molecule has 0 saturated heterocycles. The van der Waals surface area contributed by atoms with E-state index in [0.717, 1.165) is 23.8 Å². The van der Waals surface area contributed by atoms with E-state index in [1.165, 1.54) is 19.3 Å². The standard InChI is InChI=1S/C12H20N4/c1-9-8-14-10(2)12(15-9)16(7-6-13)11-4-3-5-11/h8,11H,3-7,13H2,1-2H3. The summed E-state index contributed by atoms with van der Waals surface area (Å²) < 4.78 is 0. The largest absolute Gasteiger partial charge is 0.351 e. The summed E-state index contributed by atoms with van der Waals surface area (Å²) in [6.07, 6.45) is 5.66. The van der Waals surface area contributed by atoms with Crippen molar-refractivity contribution in [2.24, 2.45) is 5.73 Å². The molecule has 1 fully saturated rings. The third kappa shape index (κ3) is 2.16. The number of aryl methyl sites for hydroxylation is 2. The summed E-state index contributed by atoms with van der Waals surface area (Å²) in [7, 11) is 0. The lowest BCUT2D eigenvalue weighted by atomic mass is 9.91. The molecule has 0 atom stereocenters. The van der Waals surface area contributed by atoms with E-state index < -0.39 is 0 Å². The first-order valence-electron chi connectivity index (χ1n) is 5.99. The van der Waals surface area contributed by atoms with E-state index in [0.29, 0.717) is 12.6 Å². The first-order valence-corrected chi connectivity index (χ1v) is 5.99. The second-order valence-corrected chi connectivity index (χ2v) is 4.49. The van der Waals surface area contributed by atoms with E-state index in [9.17, 15) is 0 Å². The Labute approximate surface area is 96.9 Å². The van der Waals surface area contributed by atoms with Gasteiger partial charge >= 0.3 is 0 Å². The third-order valence-corrected chi connectivity index (χ3v) is 3.21. The molecule has 0 aliphatic heterocycles. The molecule has 1 aliphatic carbocycles. The van der Waals surface area contributed by atoms with E-state index in [-0.39, 0.29) is 0 Å². The fourth-order valence-electron chi connectivity index (χ4n) is 2.10. The van der Waals surface area contributed by atoms with Crippen LogP contribution < -0.4 is 10.6 Å². The topological polar surface area (TPSA) is 55.0 Å². The van der Waals surface area contributed by atoms with Gasteiger partial charge in [0.2, 0.25) is 0 Å². The number of hydrogen-bond donors (Lipinski definition) is 1. The molecule has 2 N–H and O–H groups in total. The number of rotatable bonds is 4. The predicted octanol–water partition coefficient (Wildman–Crippen LogP) is 1.41. The molecule has 0 unspecified atom stereocenters. The highest BCUT2D eigenvalue weighted by atomic mass is 15.2. The molecule has 1 aromatic heterocycles. The van der Waals surface area contributed by atoms with Gasteiger partial charge in [0.05, 0.1) is 11.4 Å². The van der Waals surface area contributed by atoms with E-state index in [2.05, 4.69) is 14.9 Å². The number of nitrogens with zero attached hydrogens (tertiary/aromatic N) is 3. The smallest absolute Gasteiger partial charge is 0.150 e. The summed E-state index contributed by atoms with van der Waals surface area (Å²) in [5.41, 5.74) is 7.66. The van der Waals surface area contributed by atoms with Crippen LogP contribution in [0.3, 0.4) is 0 Å². The Balaban J connectivity index is 2.25. The van der Waals surface area contributed by atoms with Gasteiger partial charge in [0.15, 0.2) is 5.82 Å². The molecule has 4 nitrogen and oxygen atoms in total. The first kappa shape index (κ1) is 11.3. The van der Waals surface area contributed by atoms with Crippen LogP contribution in [-0.4, -0.2) is 29.1 Å². The third-order valence-electron chi connectivity index (χ3n) is 3.21. The first-order chi connectivity index (χ1) is 7.72. The zero-order chi connectivity index (χ0) is 11.5. The molecule has 1 saturated carbocycles. The zero-order valence-corrected chi connectivity index (χ0v) is 10.1. The van der Waals surface area contributed by atoms with Gasteiger partial charge in [0.25, 0.3) is 0 Å². The van der Waals surface area contributed by atoms with Crippen LogP contribution in [0.15, 0.2) is 6.20 Å². The van der Waals surface area contributed by atoms with Crippen molar-refractivity contribution in [3.8, 4) is 0 Å². The van der Waals surface area contributed by atoms with Crippen LogP contribution in [0.1, 0.15) is 30.7 Å². The Hall–Kier alpha value is -1.16. The number of anilines is 1. The number of aromatic nitrogens is 2. The van der Waals surface area contributed by atoms with E-state index in [4.69, 9.17) is 5.73 Å². The molecule has 1 aliphatic rings. The molecule has 2 rings (SSSR count). The Morgan fingerprint density at radius 2 is 2.19 bits per heavy atom. The lowest BCUT2D eigenvalue weighted by molar-refractivity contribution is 0.385. The Bertz CT molecular complexity index is 360. The molecule has 0 bridgehead atoms. The maximum absolute atomic E-state index is 5.68. The van der Waals surface area contributed by atoms with Gasteiger partial charge in [-0.15, -0.1) is 0 Å². The van der Waals surface area contributed by atoms with Crippen LogP contribution >= 0.6 is 0 Å². The van der Waals surface area contributed by atoms with Crippen molar-refractivity contribution < 1.29 is 0 Å². The summed E-state index contributed by atoms with van der Waals surface area (Å²) in [6.45, 7) is 5.55. The highest BCUT2D eigenvalue weighted by molar-refractivity contribution is 5.45. The molecule has 16 heavy (non-hydrogen) atoms. The number of hydrogen-bond acceptors (Lipinski definition) is 4. The average Bonchev–Trinajstić information content (AvgIpc) is 2.18. The fraction of sp³-hybridized carbons (Fsp3) is 0.667. The van der Waals surface area contributed by atoms with Gasteiger partial charge in [0.1, 0.15) is 0 Å². The predicted molar refractivity (Wildman–Crippen MR) is 65.5 cm³/mol. The van der Waals surface area contributed by atoms with Crippen molar-refractivity contribution in [3.63, 3.8) is 0 Å². The monoisotopic (exact) mass is 220 g/mol. The Kier molecular flexibility index (Phi) is 3.39. The van der Waals surface area contributed by atoms with Crippen LogP contribution in [-0.2, 0) is 0 Å². The lowest BCUT2D eigenvalue weighted by Gasteiger charge is -2.38. The van der Waals surface area contributed by atoms with Gasteiger partial charge < -0.3 is 10.6 Å². The second kappa shape index (κ2) is 4.78. The van der Waals surface area contributed by atoms with Crippen LogP contribution in [0.2, 0.25) is 0 Å². The van der Waals surface area contributed by atoms with Gasteiger partial charge in [-0.05, 0) is 33.1 Å². The highest BCUT2D eigenvalue weighted by Gasteiger charge is 2.26. The van der Waals surface area contributed by atoms with Gasteiger partial charge in [-0.1, -0.05) is 0 Å². The molecular formula is C12H20N4.